The summed E-state index contributed by atoms with van der Waals surface area (Å²) in [6, 6.07) is 10.7. The first-order valence-electron chi connectivity index (χ1n) is 7.74. The Hall–Kier alpha value is -2.56. The second kappa shape index (κ2) is 7.63. The second-order valence-electron chi connectivity index (χ2n) is 5.58. The van der Waals surface area contributed by atoms with Crippen LogP contribution in [0.2, 0.25) is 0 Å². The Labute approximate surface area is 136 Å². The van der Waals surface area contributed by atoms with E-state index in [1.54, 1.807) is 31.2 Å². The molecule has 0 radical (unpaired) electrons. The zero-order chi connectivity index (χ0) is 16.8. The minimum atomic E-state index is -0.271. The van der Waals surface area contributed by atoms with Gasteiger partial charge in [0.25, 0.3) is 11.8 Å². The maximum Gasteiger partial charge on any atom is 0.287 e. The molecule has 0 fully saturated rings. The van der Waals surface area contributed by atoms with Crippen LogP contribution >= 0.6 is 0 Å². The molecule has 0 aliphatic rings. The van der Waals surface area contributed by atoms with Gasteiger partial charge in [0.15, 0.2) is 5.76 Å². The first kappa shape index (κ1) is 16.8. The molecule has 0 spiro atoms. The van der Waals surface area contributed by atoms with E-state index in [2.05, 4.69) is 10.6 Å². The highest BCUT2D eigenvalue weighted by Gasteiger charge is 2.11. The van der Waals surface area contributed by atoms with Gasteiger partial charge in [-0.15, -0.1) is 0 Å². The number of furan rings is 1. The Kier molecular flexibility index (Phi) is 5.57. The average molecular weight is 314 g/mol. The zero-order valence-electron chi connectivity index (χ0n) is 13.7. The lowest BCUT2D eigenvalue weighted by molar-refractivity contribution is 0.0920. The number of carbonyl (C=O) groups is 2. The molecule has 1 aromatic carbocycles. The third kappa shape index (κ3) is 4.71. The molecule has 5 nitrogen and oxygen atoms in total. The SMILES string of the molecule is CC[C@@H](C)NC(=O)c1cccc(CNC(=O)c2ccc(C)o2)c1. The van der Waals surface area contributed by atoms with Crippen LogP contribution in [0, 0.1) is 6.92 Å². The van der Waals surface area contributed by atoms with Crippen molar-refractivity contribution in [3.8, 4) is 0 Å². The normalized spacial score (nSPS) is 11.8. The zero-order valence-corrected chi connectivity index (χ0v) is 13.7. The molecule has 1 heterocycles. The molecule has 0 saturated heterocycles. The van der Waals surface area contributed by atoms with Crippen LogP contribution in [-0.4, -0.2) is 17.9 Å². The summed E-state index contributed by atoms with van der Waals surface area (Å²) >= 11 is 0. The minimum Gasteiger partial charge on any atom is -0.456 e. The van der Waals surface area contributed by atoms with Gasteiger partial charge in [0.2, 0.25) is 0 Å². The highest BCUT2D eigenvalue weighted by molar-refractivity contribution is 5.94. The first-order chi connectivity index (χ1) is 11.0. The number of rotatable bonds is 6. The molecule has 0 saturated carbocycles. The van der Waals surface area contributed by atoms with Gasteiger partial charge in [-0.1, -0.05) is 19.1 Å². The van der Waals surface area contributed by atoms with Crippen molar-refractivity contribution in [2.45, 2.75) is 39.8 Å². The monoisotopic (exact) mass is 314 g/mol. The molecule has 0 unspecified atom stereocenters. The summed E-state index contributed by atoms with van der Waals surface area (Å²) in [4.78, 5) is 24.1. The summed E-state index contributed by atoms with van der Waals surface area (Å²) < 4.78 is 5.28. The Bertz CT molecular complexity index is 691. The molecule has 1 aromatic heterocycles. The third-order valence-corrected chi connectivity index (χ3v) is 3.60. The predicted octanol–water partition coefficient (Wildman–Crippen LogP) is 3.05. The fourth-order valence-corrected chi connectivity index (χ4v) is 2.06. The molecule has 2 rings (SSSR count). The van der Waals surface area contributed by atoms with E-state index in [9.17, 15) is 9.59 Å². The summed E-state index contributed by atoms with van der Waals surface area (Å²) in [7, 11) is 0. The fraction of sp³-hybridized carbons (Fsp3) is 0.333. The highest BCUT2D eigenvalue weighted by Crippen LogP contribution is 2.08. The lowest BCUT2D eigenvalue weighted by Gasteiger charge is -2.12. The number of aryl methyl sites for hydroxylation is 1. The summed E-state index contributed by atoms with van der Waals surface area (Å²) in [5, 5.41) is 5.71. The van der Waals surface area contributed by atoms with Crippen molar-refractivity contribution in [1.82, 2.24) is 10.6 Å². The molecule has 122 valence electrons. The Morgan fingerprint density at radius 2 is 1.96 bits per heavy atom. The molecule has 0 aliphatic heterocycles. The van der Waals surface area contributed by atoms with E-state index < -0.39 is 0 Å². The molecule has 1 atom stereocenters. The van der Waals surface area contributed by atoms with Crippen molar-refractivity contribution < 1.29 is 14.0 Å². The summed E-state index contributed by atoms with van der Waals surface area (Å²) in [6.07, 6.45) is 0.879. The van der Waals surface area contributed by atoms with Crippen molar-refractivity contribution >= 4 is 11.8 Å². The van der Waals surface area contributed by atoms with Crippen LogP contribution in [-0.2, 0) is 6.54 Å². The van der Waals surface area contributed by atoms with Gasteiger partial charge in [0, 0.05) is 18.2 Å². The summed E-state index contributed by atoms with van der Waals surface area (Å²) in [5.41, 5.74) is 1.45. The number of hydrogen-bond donors (Lipinski definition) is 2. The van der Waals surface area contributed by atoms with Crippen LogP contribution in [0.5, 0.6) is 0 Å². The van der Waals surface area contributed by atoms with Crippen LogP contribution in [0.15, 0.2) is 40.8 Å². The molecular formula is C18H22N2O3. The topological polar surface area (TPSA) is 71.3 Å². The van der Waals surface area contributed by atoms with E-state index in [-0.39, 0.29) is 23.6 Å². The molecule has 0 bridgehead atoms. The lowest BCUT2D eigenvalue weighted by Crippen LogP contribution is -2.32. The van der Waals surface area contributed by atoms with Crippen LogP contribution in [0.3, 0.4) is 0 Å². The number of amides is 2. The van der Waals surface area contributed by atoms with Crippen LogP contribution < -0.4 is 10.6 Å². The van der Waals surface area contributed by atoms with Gasteiger partial charge in [-0.2, -0.15) is 0 Å². The van der Waals surface area contributed by atoms with E-state index in [1.807, 2.05) is 26.0 Å². The van der Waals surface area contributed by atoms with Crippen molar-refractivity contribution in [2.24, 2.45) is 0 Å². The standard InChI is InChI=1S/C18H22N2O3/c1-4-12(2)20-17(21)15-7-5-6-14(10-15)11-19-18(22)16-9-8-13(3)23-16/h5-10,12H,4,11H2,1-3H3,(H,19,22)(H,20,21)/t12-/m1/s1. The summed E-state index contributed by atoms with van der Waals surface area (Å²) in [5.74, 6) is 0.605. The molecular weight excluding hydrogens is 292 g/mol. The molecule has 2 amide bonds. The number of nitrogens with one attached hydrogen (secondary N) is 2. The second-order valence-corrected chi connectivity index (χ2v) is 5.58. The van der Waals surface area contributed by atoms with E-state index in [1.165, 1.54) is 0 Å². The van der Waals surface area contributed by atoms with Crippen LogP contribution in [0.4, 0.5) is 0 Å². The largest absolute Gasteiger partial charge is 0.456 e. The Balaban J connectivity index is 1.97. The van der Waals surface area contributed by atoms with E-state index in [4.69, 9.17) is 4.42 Å². The van der Waals surface area contributed by atoms with Crippen molar-refractivity contribution in [3.63, 3.8) is 0 Å². The van der Waals surface area contributed by atoms with Gasteiger partial charge >= 0.3 is 0 Å². The maximum atomic E-state index is 12.1. The van der Waals surface area contributed by atoms with Crippen molar-refractivity contribution in [1.29, 1.82) is 0 Å². The number of hydrogen-bond acceptors (Lipinski definition) is 3. The van der Waals surface area contributed by atoms with Crippen LogP contribution in [0.25, 0.3) is 0 Å². The smallest absolute Gasteiger partial charge is 0.287 e. The molecule has 2 N–H and O–H groups in total. The van der Waals surface area contributed by atoms with E-state index in [0.29, 0.717) is 17.9 Å². The number of carbonyl (C=O) groups excluding carboxylic acids is 2. The van der Waals surface area contributed by atoms with Gasteiger partial charge in [-0.3, -0.25) is 9.59 Å². The Morgan fingerprint density at radius 1 is 1.17 bits per heavy atom. The first-order valence-corrected chi connectivity index (χ1v) is 7.74. The maximum absolute atomic E-state index is 12.1. The summed E-state index contributed by atoms with van der Waals surface area (Å²) in [6.45, 7) is 6.11. The Morgan fingerprint density at radius 3 is 2.61 bits per heavy atom. The molecule has 2 aromatic rings. The molecule has 5 heteroatoms. The fourth-order valence-electron chi connectivity index (χ4n) is 2.06. The third-order valence-electron chi connectivity index (χ3n) is 3.60. The van der Waals surface area contributed by atoms with Gasteiger partial charge in [-0.25, -0.2) is 0 Å². The van der Waals surface area contributed by atoms with Gasteiger partial charge in [0.1, 0.15) is 5.76 Å². The molecule has 23 heavy (non-hydrogen) atoms. The van der Waals surface area contributed by atoms with Gasteiger partial charge in [-0.05, 0) is 50.1 Å². The molecule has 0 aliphatic carbocycles. The van der Waals surface area contributed by atoms with Gasteiger partial charge in [0.05, 0.1) is 0 Å². The highest BCUT2D eigenvalue weighted by atomic mass is 16.3. The van der Waals surface area contributed by atoms with E-state index in [0.717, 1.165) is 12.0 Å². The average Bonchev–Trinajstić information content (AvgIpc) is 2.99. The lowest BCUT2D eigenvalue weighted by atomic mass is 10.1. The quantitative estimate of drug-likeness (QED) is 0.861. The van der Waals surface area contributed by atoms with Crippen molar-refractivity contribution in [3.05, 3.63) is 59.0 Å². The van der Waals surface area contributed by atoms with Gasteiger partial charge < -0.3 is 15.1 Å². The van der Waals surface area contributed by atoms with Crippen molar-refractivity contribution in [2.75, 3.05) is 0 Å². The number of benzene rings is 1. The van der Waals surface area contributed by atoms with E-state index >= 15 is 0 Å². The minimum absolute atomic E-state index is 0.103. The van der Waals surface area contributed by atoms with Crippen LogP contribution in [0.1, 0.15) is 52.5 Å². The predicted molar refractivity (Wildman–Crippen MR) is 88.3 cm³/mol.